The summed E-state index contributed by atoms with van der Waals surface area (Å²) in [7, 11) is -3.63. The van der Waals surface area contributed by atoms with Gasteiger partial charge in [-0.2, -0.15) is 8.42 Å². The van der Waals surface area contributed by atoms with Gasteiger partial charge < -0.3 is 9.47 Å². The van der Waals surface area contributed by atoms with Crippen LogP contribution in [0.2, 0.25) is 0 Å². The standard InChI is InChI=1S/C12H14O6S/c13-12-16-9-11(18-12)6-7-19(14,15)17-8-10-4-2-1-3-5-10/h1-5,11H,6-9H2. The van der Waals surface area contributed by atoms with Crippen LogP contribution in [0.3, 0.4) is 0 Å². The minimum Gasteiger partial charge on any atom is -0.430 e. The summed E-state index contributed by atoms with van der Waals surface area (Å²) in [5, 5.41) is 0. The molecule has 1 aromatic carbocycles. The highest BCUT2D eigenvalue weighted by atomic mass is 32.2. The minimum atomic E-state index is -3.63. The largest absolute Gasteiger partial charge is 0.508 e. The summed E-state index contributed by atoms with van der Waals surface area (Å²) in [6, 6.07) is 9.01. The molecule has 0 amide bonds. The number of rotatable bonds is 6. The third-order valence-electron chi connectivity index (χ3n) is 2.59. The van der Waals surface area contributed by atoms with Crippen LogP contribution in [-0.4, -0.2) is 33.0 Å². The van der Waals surface area contributed by atoms with Gasteiger partial charge in [0.2, 0.25) is 0 Å². The monoisotopic (exact) mass is 286 g/mol. The van der Waals surface area contributed by atoms with Crippen molar-refractivity contribution in [2.45, 2.75) is 19.1 Å². The Hall–Kier alpha value is -1.60. The van der Waals surface area contributed by atoms with Crippen molar-refractivity contribution < 1.29 is 26.9 Å². The van der Waals surface area contributed by atoms with E-state index in [0.29, 0.717) is 0 Å². The average Bonchev–Trinajstić information content (AvgIpc) is 2.82. The highest BCUT2D eigenvalue weighted by Gasteiger charge is 2.26. The van der Waals surface area contributed by atoms with Gasteiger partial charge >= 0.3 is 6.16 Å². The van der Waals surface area contributed by atoms with Crippen molar-refractivity contribution in [3.63, 3.8) is 0 Å². The van der Waals surface area contributed by atoms with Gasteiger partial charge in [0.1, 0.15) is 12.7 Å². The van der Waals surface area contributed by atoms with Crippen LogP contribution in [0.5, 0.6) is 0 Å². The van der Waals surface area contributed by atoms with Crippen LogP contribution >= 0.6 is 0 Å². The molecule has 1 aromatic rings. The molecule has 104 valence electrons. The Balaban J connectivity index is 1.77. The molecule has 0 N–H and O–H groups in total. The number of hydrogen-bond acceptors (Lipinski definition) is 6. The van der Waals surface area contributed by atoms with E-state index in [1.807, 2.05) is 6.07 Å². The normalized spacial score (nSPS) is 18.9. The summed E-state index contributed by atoms with van der Waals surface area (Å²) in [6.07, 6.45) is -1.10. The zero-order chi connectivity index (χ0) is 13.7. The molecule has 1 heterocycles. The molecule has 0 aromatic heterocycles. The Morgan fingerprint density at radius 1 is 1.26 bits per heavy atom. The second kappa shape index (κ2) is 6.03. The van der Waals surface area contributed by atoms with Gasteiger partial charge in [0.15, 0.2) is 0 Å². The van der Waals surface area contributed by atoms with Crippen LogP contribution in [0, 0.1) is 0 Å². The maximum atomic E-state index is 11.6. The fourth-order valence-electron chi connectivity index (χ4n) is 1.57. The van der Waals surface area contributed by atoms with Crippen LogP contribution in [-0.2, 0) is 30.4 Å². The molecule has 1 atom stereocenters. The predicted octanol–water partition coefficient (Wildman–Crippen LogP) is 1.46. The summed E-state index contributed by atoms with van der Waals surface area (Å²) in [5.74, 6) is -0.207. The molecule has 0 radical (unpaired) electrons. The molecular formula is C12H14O6S. The summed E-state index contributed by atoms with van der Waals surface area (Å²) in [4.78, 5) is 10.7. The van der Waals surface area contributed by atoms with Gasteiger partial charge in [-0.25, -0.2) is 4.79 Å². The summed E-state index contributed by atoms with van der Waals surface area (Å²) in [6.45, 7) is 0.0944. The van der Waals surface area contributed by atoms with Crippen molar-refractivity contribution in [1.29, 1.82) is 0 Å². The summed E-state index contributed by atoms with van der Waals surface area (Å²) in [5.41, 5.74) is 0.779. The highest BCUT2D eigenvalue weighted by molar-refractivity contribution is 7.86. The number of cyclic esters (lactones) is 2. The lowest BCUT2D eigenvalue weighted by Gasteiger charge is -2.08. The zero-order valence-corrected chi connectivity index (χ0v) is 11.0. The van der Waals surface area contributed by atoms with Crippen LogP contribution in [0.15, 0.2) is 30.3 Å². The average molecular weight is 286 g/mol. The van der Waals surface area contributed by atoms with Gasteiger partial charge in [-0.3, -0.25) is 4.18 Å². The fraction of sp³-hybridized carbons (Fsp3) is 0.417. The van der Waals surface area contributed by atoms with Crippen molar-refractivity contribution in [3.8, 4) is 0 Å². The number of hydrogen-bond donors (Lipinski definition) is 0. The highest BCUT2D eigenvalue weighted by Crippen LogP contribution is 2.12. The van der Waals surface area contributed by atoms with E-state index >= 15 is 0 Å². The molecule has 0 aliphatic carbocycles. The molecule has 1 fully saturated rings. The first kappa shape index (κ1) is 13.8. The molecule has 0 saturated carbocycles. The molecule has 0 spiro atoms. The van der Waals surface area contributed by atoms with Gasteiger partial charge in [-0.05, 0) is 5.56 Å². The van der Waals surface area contributed by atoms with E-state index in [9.17, 15) is 13.2 Å². The maximum absolute atomic E-state index is 11.6. The van der Waals surface area contributed by atoms with Crippen molar-refractivity contribution in [2.24, 2.45) is 0 Å². The van der Waals surface area contributed by atoms with Gasteiger partial charge in [0.05, 0.1) is 12.4 Å². The van der Waals surface area contributed by atoms with Crippen molar-refractivity contribution >= 4 is 16.3 Å². The van der Waals surface area contributed by atoms with Gasteiger partial charge in [0, 0.05) is 6.42 Å². The molecule has 0 bridgehead atoms. The maximum Gasteiger partial charge on any atom is 0.508 e. The molecule has 6 nitrogen and oxygen atoms in total. The number of carbonyl (C=O) groups is 1. The third kappa shape index (κ3) is 4.53. The van der Waals surface area contributed by atoms with Gasteiger partial charge in [0.25, 0.3) is 10.1 Å². The van der Waals surface area contributed by atoms with E-state index in [1.54, 1.807) is 24.3 Å². The predicted molar refractivity (Wildman–Crippen MR) is 65.9 cm³/mol. The molecule has 7 heteroatoms. The SMILES string of the molecule is O=C1OCC(CCS(=O)(=O)OCc2ccccc2)O1. The van der Waals surface area contributed by atoms with E-state index in [-0.39, 0.29) is 25.4 Å². The quantitative estimate of drug-likeness (QED) is 0.582. The van der Waals surface area contributed by atoms with E-state index in [0.717, 1.165) is 5.56 Å². The Morgan fingerprint density at radius 2 is 2.00 bits per heavy atom. The second-order valence-corrected chi connectivity index (χ2v) is 5.86. The van der Waals surface area contributed by atoms with Crippen LogP contribution in [0.1, 0.15) is 12.0 Å². The van der Waals surface area contributed by atoms with Crippen molar-refractivity contribution in [3.05, 3.63) is 35.9 Å². The van der Waals surface area contributed by atoms with Crippen LogP contribution in [0.4, 0.5) is 4.79 Å². The van der Waals surface area contributed by atoms with E-state index < -0.39 is 22.4 Å². The van der Waals surface area contributed by atoms with E-state index in [4.69, 9.17) is 8.92 Å². The van der Waals surface area contributed by atoms with Gasteiger partial charge in [-0.15, -0.1) is 0 Å². The Bertz CT molecular complexity index is 524. The third-order valence-corrected chi connectivity index (χ3v) is 3.80. The first-order valence-corrected chi connectivity index (χ1v) is 7.37. The topological polar surface area (TPSA) is 78.9 Å². The molecule has 2 rings (SSSR count). The second-order valence-electron chi connectivity index (χ2n) is 4.10. The Labute approximate surface area is 111 Å². The van der Waals surface area contributed by atoms with E-state index in [2.05, 4.69) is 4.74 Å². The first-order valence-electron chi connectivity index (χ1n) is 5.79. The molecule has 1 saturated heterocycles. The van der Waals surface area contributed by atoms with Crippen LogP contribution in [0.25, 0.3) is 0 Å². The van der Waals surface area contributed by atoms with Crippen LogP contribution < -0.4 is 0 Å². The fourth-order valence-corrected chi connectivity index (χ4v) is 2.56. The molecule has 1 aliphatic heterocycles. The lowest BCUT2D eigenvalue weighted by Crippen LogP contribution is -2.18. The summed E-state index contributed by atoms with van der Waals surface area (Å²) < 4.78 is 37.5. The first-order chi connectivity index (χ1) is 9.05. The lowest BCUT2D eigenvalue weighted by molar-refractivity contribution is 0.117. The van der Waals surface area contributed by atoms with E-state index in [1.165, 1.54) is 0 Å². The van der Waals surface area contributed by atoms with Crippen molar-refractivity contribution in [2.75, 3.05) is 12.4 Å². The Kier molecular flexibility index (Phi) is 4.39. The number of carbonyl (C=O) groups excluding carboxylic acids is 1. The Morgan fingerprint density at radius 3 is 2.63 bits per heavy atom. The summed E-state index contributed by atoms with van der Waals surface area (Å²) >= 11 is 0. The molecular weight excluding hydrogens is 272 g/mol. The van der Waals surface area contributed by atoms with Crippen molar-refractivity contribution in [1.82, 2.24) is 0 Å². The zero-order valence-electron chi connectivity index (χ0n) is 10.2. The lowest BCUT2D eigenvalue weighted by atomic mass is 10.2. The van der Waals surface area contributed by atoms with Gasteiger partial charge in [-0.1, -0.05) is 30.3 Å². The molecule has 1 aliphatic rings. The molecule has 1 unspecified atom stereocenters. The number of benzene rings is 1. The smallest absolute Gasteiger partial charge is 0.430 e. The minimum absolute atomic E-state index is 0.00409. The number of ether oxygens (including phenoxy) is 2. The molecule has 19 heavy (non-hydrogen) atoms.